The zero-order chi connectivity index (χ0) is 20.1. The summed E-state index contributed by atoms with van der Waals surface area (Å²) < 4.78 is 0. The Bertz CT molecular complexity index is 960. The number of carbonyl (C=O) groups is 1. The molecular weight excluding hydrogens is 388 g/mol. The summed E-state index contributed by atoms with van der Waals surface area (Å²) in [7, 11) is 0. The van der Waals surface area contributed by atoms with E-state index in [1.807, 2.05) is 12.1 Å². The van der Waals surface area contributed by atoms with Gasteiger partial charge in [-0.1, -0.05) is 11.6 Å². The highest BCUT2D eigenvalue weighted by molar-refractivity contribution is 6.33. The van der Waals surface area contributed by atoms with Gasteiger partial charge >= 0.3 is 0 Å². The van der Waals surface area contributed by atoms with Crippen LogP contribution in [0, 0.1) is 0 Å². The van der Waals surface area contributed by atoms with Crippen molar-refractivity contribution in [3.8, 4) is 0 Å². The third kappa shape index (κ3) is 4.52. The molecule has 0 radical (unpaired) electrons. The fourth-order valence-electron chi connectivity index (χ4n) is 3.37. The van der Waals surface area contributed by atoms with Crippen molar-refractivity contribution >= 4 is 35.0 Å². The van der Waals surface area contributed by atoms with Gasteiger partial charge in [-0.2, -0.15) is 0 Å². The molecule has 1 aliphatic heterocycles. The lowest BCUT2D eigenvalue weighted by Crippen LogP contribution is -2.49. The third-order valence-corrected chi connectivity index (χ3v) is 5.07. The van der Waals surface area contributed by atoms with E-state index in [1.165, 1.54) is 0 Å². The average Bonchev–Trinajstić information content (AvgIpc) is 2.77. The van der Waals surface area contributed by atoms with Crippen LogP contribution in [0.3, 0.4) is 0 Å². The Morgan fingerprint density at radius 1 is 1.07 bits per heavy atom. The van der Waals surface area contributed by atoms with Crippen LogP contribution in [0.25, 0.3) is 0 Å². The van der Waals surface area contributed by atoms with Crippen molar-refractivity contribution < 1.29 is 4.79 Å². The smallest absolute Gasteiger partial charge is 0.259 e. The Kier molecular flexibility index (Phi) is 5.97. The van der Waals surface area contributed by atoms with E-state index in [1.54, 1.807) is 53.8 Å². The van der Waals surface area contributed by atoms with Crippen molar-refractivity contribution in [2.75, 3.05) is 23.3 Å². The molecule has 1 aliphatic rings. The first kappa shape index (κ1) is 19.3. The third-order valence-electron chi connectivity index (χ3n) is 4.78. The van der Waals surface area contributed by atoms with Gasteiger partial charge in [0.1, 0.15) is 0 Å². The van der Waals surface area contributed by atoms with Crippen LogP contribution in [0.5, 0.6) is 0 Å². The molecule has 4 rings (SSSR count). The zero-order valence-electron chi connectivity index (χ0n) is 15.8. The number of aromatic nitrogens is 3. The van der Waals surface area contributed by atoms with Crippen LogP contribution in [0.1, 0.15) is 23.2 Å². The number of hydrogen-bond acceptors (Lipinski definition) is 6. The first-order valence-electron chi connectivity index (χ1n) is 9.51. The number of hydrogen-bond donors (Lipinski definition) is 2. The van der Waals surface area contributed by atoms with Gasteiger partial charge in [-0.15, -0.1) is 0 Å². The number of pyridine rings is 1. The van der Waals surface area contributed by atoms with E-state index in [-0.39, 0.29) is 11.9 Å². The molecule has 1 unspecified atom stereocenters. The van der Waals surface area contributed by atoms with Crippen molar-refractivity contribution in [2.45, 2.75) is 18.9 Å². The van der Waals surface area contributed by atoms with E-state index in [9.17, 15) is 4.79 Å². The molecule has 2 N–H and O–H groups in total. The van der Waals surface area contributed by atoms with Crippen LogP contribution in [0.2, 0.25) is 5.02 Å². The molecule has 2 aromatic heterocycles. The molecule has 1 amide bonds. The maximum absolute atomic E-state index is 13.4. The van der Waals surface area contributed by atoms with E-state index >= 15 is 0 Å². The molecule has 29 heavy (non-hydrogen) atoms. The van der Waals surface area contributed by atoms with E-state index in [0.717, 1.165) is 25.1 Å². The van der Waals surface area contributed by atoms with E-state index in [2.05, 4.69) is 25.6 Å². The second-order valence-corrected chi connectivity index (χ2v) is 7.17. The first-order valence-corrected chi connectivity index (χ1v) is 9.89. The van der Waals surface area contributed by atoms with Gasteiger partial charge in [0.25, 0.3) is 5.91 Å². The largest absolute Gasteiger partial charge is 0.324 e. The standard InChI is InChI=1S/C21H21ClN6O/c22-18-5-2-11-24-19(18)28(17-4-1-10-23-14-17)20(29)15-6-8-16(9-7-15)27-21-25-12-3-13-26-21/h2-3,5-9,11-13,17,23H,1,4,10,14H2,(H,25,26,27). The quantitative estimate of drug-likeness (QED) is 0.670. The summed E-state index contributed by atoms with van der Waals surface area (Å²) in [5, 5.41) is 6.94. The Labute approximate surface area is 174 Å². The van der Waals surface area contributed by atoms with Gasteiger partial charge in [0.15, 0.2) is 5.82 Å². The summed E-state index contributed by atoms with van der Waals surface area (Å²) in [5.41, 5.74) is 1.37. The lowest BCUT2D eigenvalue weighted by Gasteiger charge is -2.34. The van der Waals surface area contributed by atoms with Crippen LogP contribution in [0.15, 0.2) is 61.1 Å². The number of carbonyl (C=O) groups excluding carboxylic acids is 1. The Hall–Kier alpha value is -3.03. The van der Waals surface area contributed by atoms with Crippen molar-refractivity contribution in [3.05, 3.63) is 71.6 Å². The summed E-state index contributed by atoms with van der Waals surface area (Å²) in [6, 6.07) is 12.5. The fourth-order valence-corrected chi connectivity index (χ4v) is 3.58. The Morgan fingerprint density at radius 2 is 1.83 bits per heavy atom. The second-order valence-electron chi connectivity index (χ2n) is 6.76. The van der Waals surface area contributed by atoms with Gasteiger partial charge in [0.05, 0.1) is 11.1 Å². The highest BCUT2D eigenvalue weighted by Gasteiger charge is 2.30. The van der Waals surface area contributed by atoms with Crippen molar-refractivity contribution in [1.82, 2.24) is 20.3 Å². The Balaban J connectivity index is 1.59. The molecule has 148 valence electrons. The molecule has 3 heterocycles. The van der Waals surface area contributed by atoms with Crippen LogP contribution >= 0.6 is 11.6 Å². The molecule has 8 heteroatoms. The van der Waals surface area contributed by atoms with Crippen LogP contribution < -0.4 is 15.5 Å². The predicted octanol–water partition coefficient (Wildman–Crippen LogP) is 3.67. The van der Waals surface area contributed by atoms with Crippen molar-refractivity contribution in [1.29, 1.82) is 0 Å². The maximum atomic E-state index is 13.4. The molecule has 3 aromatic rings. The normalized spacial score (nSPS) is 16.2. The number of nitrogens with zero attached hydrogens (tertiary/aromatic N) is 4. The van der Waals surface area contributed by atoms with Crippen LogP contribution in [-0.4, -0.2) is 40.0 Å². The van der Waals surface area contributed by atoms with E-state index in [0.29, 0.717) is 28.9 Å². The molecule has 1 saturated heterocycles. The summed E-state index contributed by atoms with van der Waals surface area (Å²) in [6.45, 7) is 1.67. The van der Waals surface area contributed by atoms with Crippen LogP contribution in [-0.2, 0) is 0 Å². The average molecular weight is 409 g/mol. The van der Waals surface area contributed by atoms with E-state index < -0.39 is 0 Å². The molecule has 1 atom stereocenters. The lowest BCUT2D eigenvalue weighted by atomic mass is 10.0. The molecule has 0 bridgehead atoms. The number of anilines is 3. The van der Waals surface area contributed by atoms with Gasteiger partial charge in [0.2, 0.25) is 5.95 Å². The van der Waals surface area contributed by atoms with Gasteiger partial charge in [-0.3, -0.25) is 9.69 Å². The molecular formula is C21H21ClN6O. The summed E-state index contributed by atoms with van der Waals surface area (Å²) in [5.74, 6) is 0.872. The molecule has 1 fully saturated rings. The van der Waals surface area contributed by atoms with Gasteiger partial charge in [-0.05, 0) is 61.9 Å². The number of amides is 1. The monoisotopic (exact) mass is 408 g/mol. The molecule has 1 aromatic carbocycles. The van der Waals surface area contributed by atoms with Crippen LogP contribution in [0.4, 0.5) is 17.5 Å². The highest BCUT2D eigenvalue weighted by Crippen LogP contribution is 2.28. The number of halogens is 1. The molecule has 0 saturated carbocycles. The number of rotatable bonds is 5. The predicted molar refractivity (Wildman–Crippen MR) is 114 cm³/mol. The zero-order valence-corrected chi connectivity index (χ0v) is 16.5. The summed E-state index contributed by atoms with van der Waals surface area (Å²) in [4.78, 5) is 27.8. The number of nitrogens with one attached hydrogen (secondary N) is 2. The topological polar surface area (TPSA) is 83.0 Å². The van der Waals surface area contributed by atoms with E-state index in [4.69, 9.17) is 11.6 Å². The summed E-state index contributed by atoms with van der Waals surface area (Å²) >= 11 is 6.38. The number of piperidine rings is 1. The lowest BCUT2D eigenvalue weighted by molar-refractivity contribution is 0.0971. The first-order chi connectivity index (χ1) is 14.2. The second kappa shape index (κ2) is 8.98. The Morgan fingerprint density at radius 3 is 2.52 bits per heavy atom. The molecule has 0 aliphatic carbocycles. The number of benzene rings is 1. The highest BCUT2D eigenvalue weighted by atomic mass is 35.5. The van der Waals surface area contributed by atoms with Gasteiger partial charge in [0, 0.05) is 36.4 Å². The fraction of sp³-hybridized carbons (Fsp3) is 0.238. The minimum atomic E-state index is -0.123. The minimum Gasteiger partial charge on any atom is -0.324 e. The van der Waals surface area contributed by atoms with Crippen molar-refractivity contribution in [3.63, 3.8) is 0 Å². The molecule has 7 nitrogen and oxygen atoms in total. The maximum Gasteiger partial charge on any atom is 0.259 e. The SMILES string of the molecule is O=C(c1ccc(Nc2ncccn2)cc1)N(c1ncccc1Cl)C1CCCNC1. The minimum absolute atomic E-state index is 0.000768. The summed E-state index contributed by atoms with van der Waals surface area (Å²) in [6.07, 6.45) is 6.89. The van der Waals surface area contributed by atoms with Gasteiger partial charge < -0.3 is 10.6 Å². The van der Waals surface area contributed by atoms with Crippen molar-refractivity contribution in [2.24, 2.45) is 0 Å². The van der Waals surface area contributed by atoms with Gasteiger partial charge in [-0.25, -0.2) is 15.0 Å². The molecule has 0 spiro atoms.